The summed E-state index contributed by atoms with van der Waals surface area (Å²) in [7, 11) is 1.94. The van der Waals surface area contributed by atoms with Crippen molar-refractivity contribution in [1.82, 2.24) is 5.32 Å². The standard InChI is InChI=1S/C13H17ClFNO/c1-16-13-5-6-17-8-9(13)7-10-11(14)3-2-4-12(10)15/h2-4,9,13,16H,5-8H2,1H3/t9-,13-/m0/s1. The molecule has 1 aliphatic heterocycles. The molecule has 0 unspecified atom stereocenters. The van der Waals surface area contributed by atoms with Crippen LogP contribution in [0.1, 0.15) is 12.0 Å². The fourth-order valence-corrected chi connectivity index (χ4v) is 2.61. The number of halogens is 2. The van der Waals surface area contributed by atoms with Crippen LogP contribution in [0.3, 0.4) is 0 Å². The van der Waals surface area contributed by atoms with Crippen molar-refractivity contribution in [2.75, 3.05) is 20.3 Å². The maximum absolute atomic E-state index is 13.7. The average molecular weight is 258 g/mol. The first-order valence-corrected chi connectivity index (χ1v) is 6.28. The highest BCUT2D eigenvalue weighted by molar-refractivity contribution is 6.31. The molecule has 2 nitrogen and oxygen atoms in total. The molecule has 0 aliphatic carbocycles. The first-order valence-electron chi connectivity index (χ1n) is 5.90. The van der Waals surface area contributed by atoms with Gasteiger partial charge in [-0.3, -0.25) is 0 Å². The van der Waals surface area contributed by atoms with Crippen LogP contribution in [-0.2, 0) is 11.2 Å². The summed E-state index contributed by atoms with van der Waals surface area (Å²) in [5.74, 6) is 0.0566. The lowest BCUT2D eigenvalue weighted by atomic mass is 9.89. The van der Waals surface area contributed by atoms with Gasteiger partial charge in [0, 0.05) is 29.2 Å². The summed E-state index contributed by atoms with van der Waals surface area (Å²) >= 11 is 6.04. The van der Waals surface area contributed by atoms with Gasteiger partial charge in [0.2, 0.25) is 0 Å². The summed E-state index contributed by atoms with van der Waals surface area (Å²) < 4.78 is 19.2. The van der Waals surface area contributed by atoms with E-state index in [1.165, 1.54) is 6.07 Å². The van der Waals surface area contributed by atoms with E-state index >= 15 is 0 Å². The van der Waals surface area contributed by atoms with Gasteiger partial charge in [-0.25, -0.2) is 4.39 Å². The molecule has 0 bridgehead atoms. The largest absolute Gasteiger partial charge is 0.381 e. The van der Waals surface area contributed by atoms with Gasteiger partial charge in [-0.2, -0.15) is 0 Å². The molecule has 1 saturated heterocycles. The third kappa shape index (κ3) is 2.97. The molecule has 2 atom stereocenters. The Morgan fingerprint density at radius 2 is 2.35 bits per heavy atom. The van der Waals surface area contributed by atoms with Crippen LogP contribution in [0.5, 0.6) is 0 Å². The molecule has 94 valence electrons. The van der Waals surface area contributed by atoms with Crippen LogP contribution in [0.15, 0.2) is 18.2 Å². The van der Waals surface area contributed by atoms with Gasteiger partial charge in [-0.05, 0) is 32.0 Å². The maximum Gasteiger partial charge on any atom is 0.127 e. The molecule has 17 heavy (non-hydrogen) atoms. The van der Waals surface area contributed by atoms with Gasteiger partial charge in [-0.15, -0.1) is 0 Å². The van der Waals surface area contributed by atoms with Crippen LogP contribution in [-0.4, -0.2) is 26.3 Å². The van der Waals surface area contributed by atoms with Crippen LogP contribution < -0.4 is 5.32 Å². The number of hydrogen-bond acceptors (Lipinski definition) is 2. The molecule has 1 aromatic carbocycles. The van der Waals surface area contributed by atoms with E-state index in [-0.39, 0.29) is 11.7 Å². The minimum atomic E-state index is -0.224. The number of ether oxygens (including phenoxy) is 1. The normalized spacial score (nSPS) is 24.9. The van der Waals surface area contributed by atoms with Crippen molar-refractivity contribution in [2.45, 2.75) is 18.9 Å². The molecule has 0 spiro atoms. The van der Waals surface area contributed by atoms with E-state index in [1.54, 1.807) is 12.1 Å². The van der Waals surface area contributed by atoms with Crippen molar-refractivity contribution in [2.24, 2.45) is 5.92 Å². The summed E-state index contributed by atoms with van der Waals surface area (Å²) in [6, 6.07) is 5.20. The van der Waals surface area contributed by atoms with Crippen molar-refractivity contribution >= 4 is 11.6 Å². The monoisotopic (exact) mass is 257 g/mol. The SMILES string of the molecule is CN[C@H]1CCOC[C@@H]1Cc1c(F)cccc1Cl. The maximum atomic E-state index is 13.7. The number of rotatable bonds is 3. The zero-order valence-electron chi connectivity index (χ0n) is 9.88. The van der Waals surface area contributed by atoms with Crippen LogP contribution in [0.25, 0.3) is 0 Å². The van der Waals surface area contributed by atoms with Gasteiger partial charge >= 0.3 is 0 Å². The Bertz CT molecular complexity index is 365. The Hall–Kier alpha value is -0.640. The lowest BCUT2D eigenvalue weighted by Gasteiger charge is -2.31. The highest BCUT2D eigenvalue weighted by atomic mass is 35.5. The molecule has 1 heterocycles. The quantitative estimate of drug-likeness (QED) is 0.899. The molecule has 4 heteroatoms. The molecule has 1 aliphatic rings. The van der Waals surface area contributed by atoms with Crippen molar-refractivity contribution in [3.05, 3.63) is 34.6 Å². The van der Waals surface area contributed by atoms with E-state index in [4.69, 9.17) is 16.3 Å². The third-order valence-electron chi connectivity index (χ3n) is 3.37. The van der Waals surface area contributed by atoms with Gasteiger partial charge in [0.1, 0.15) is 5.82 Å². The first-order chi connectivity index (χ1) is 8.22. The van der Waals surface area contributed by atoms with Crippen LogP contribution in [0.2, 0.25) is 5.02 Å². The zero-order valence-corrected chi connectivity index (χ0v) is 10.6. The minimum Gasteiger partial charge on any atom is -0.381 e. The van der Waals surface area contributed by atoms with Gasteiger partial charge in [0.05, 0.1) is 6.61 Å². The van der Waals surface area contributed by atoms with Crippen molar-refractivity contribution in [1.29, 1.82) is 0 Å². The second-order valence-electron chi connectivity index (χ2n) is 4.42. The number of benzene rings is 1. The minimum absolute atomic E-state index is 0.224. The summed E-state index contributed by atoms with van der Waals surface area (Å²) in [5, 5.41) is 3.77. The third-order valence-corrected chi connectivity index (χ3v) is 3.73. The molecular weight excluding hydrogens is 241 g/mol. The van der Waals surface area contributed by atoms with E-state index in [0.717, 1.165) is 13.0 Å². The van der Waals surface area contributed by atoms with E-state index in [0.29, 0.717) is 29.7 Å². The van der Waals surface area contributed by atoms with Gasteiger partial charge < -0.3 is 10.1 Å². The number of hydrogen-bond donors (Lipinski definition) is 1. The topological polar surface area (TPSA) is 21.3 Å². The van der Waals surface area contributed by atoms with Crippen molar-refractivity contribution in [3.63, 3.8) is 0 Å². The molecule has 2 rings (SSSR count). The fourth-order valence-electron chi connectivity index (χ4n) is 2.37. The summed E-state index contributed by atoms with van der Waals surface area (Å²) in [4.78, 5) is 0. The van der Waals surface area contributed by atoms with Crippen LogP contribution in [0.4, 0.5) is 4.39 Å². The van der Waals surface area contributed by atoms with E-state index in [2.05, 4.69) is 5.32 Å². The molecule has 0 amide bonds. The van der Waals surface area contributed by atoms with Gasteiger partial charge in [0.25, 0.3) is 0 Å². The Morgan fingerprint density at radius 1 is 1.53 bits per heavy atom. The van der Waals surface area contributed by atoms with Crippen LogP contribution >= 0.6 is 11.6 Å². The molecule has 0 aromatic heterocycles. The molecule has 1 N–H and O–H groups in total. The van der Waals surface area contributed by atoms with Crippen LogP contribution in [0, 0.1) is 11.7 Å². The fraction of sp³-hybridized carbons (Fsp3) is 0.538. The molecular formula is C13H17ClFNO. The first kappa shape index (κ1) is 12.8. The summed E-state index contributed by atoms with van der Waals surface area (Å²) in [5.41, 5.74) is 0.602. The van der Waals surface area contributed by atoms with Gasteiger partial charge in [0.15, 0.2) is 0 Å². The van der Waals surface area contributed by atoms with E-state index in [1.807, 2.05) is 7.05 Å². The zero-order chi connectivity index (χ0) is 12.3. The lowest BCUT2D eigenvalue weighted by Crippen LogP contribution is -2.42. The van der Waals surface area contributed by atoms with Crippen molar-refractivity contribution < 1.29 is 9.13 Å². The molecule has 0 radical (unpaired) electrons. The molecule has 1 aromatic rings. The second-order valence-corrected chi connectivity index (χ2v) is 4.83. The Balaban J connectivity index is 2.13. The van der Waals surface area contributed by atoms with E-state index in [9.17, 15) is 4.39 Å². The lowest BCUT2D eigenvalue weighted by molar-refractivity contribution is 0.0339. The Labute approximate surface area is 106 Å². The smallest absolute Gasteiger partial charge is 0.127 e. The predicted octanol–water partition coefficient (Wildman–Crippen LogP) is 2.65. The molecule has 0 saturated carbocycles. The summed E-state index contributed by atoms with van der Waals surface area (Å²) in [6.45, 7) is 1.43. The highest BCUT2D eigenvalue weighted by Gasteiger charge is 2.26. The van der Waals surface area contributed by atoms with Crippen molar-refractivity contribution in [3.8, 4) is 0 Å². The Kier molecular flexibility index (Phi) is 4.37. The second kappa shape index (κ2) is 5.80. The Morgan fingerprint density at radius 3 is 3.06 bits per heavy atom. The highest BCUT2D eigenvalue weighted by Crippen LogP contribution is 2.26. The predicted molar refractivity (Wildman–Crippen MR) is 66.9 cm³/mol. The summed E-state index contributed by atoms with van der Waals surface area (Å²) in [6.07, 6.45) is 1.59. The molecule has 1 fully saturated rings. The van der Waals surface area contributed by atoms with E-state index < -0.39 is 0 Å². The van der Waals surface area contributed by atoms with Gasteiger partial charge in [-0.1, -0.05) is 17.7 Å². The average Bonchev–Trinajstić information content (AvgIpc) is 2.34. The number of nitrogens with one attached hydrogen (secondary N) is 1.